The van der Waals surface area contributed by atoms with Crippen LogP contribution in [-0.4, -0.2) is 22.6 Å². The fourth-order valence-electron chi connectivity index (χ4n) is 1.66. The number of carbonyl (C=O) groups is 1. The molecule has 0 bridgehead atoms. The number of amides is 1. The van der Waals surface area contributed by atoms with Gasteiger partial charge in [-0.05, 0) is 31.5 Å². The Morgan fingerprint density at radius 2 is 2.25 bits per heavy atom. The summed E-state index contributed by atoms with van der Waals surface area (Å²) in [5, 5.41) is 14.1. The van der Waals surface area contributed by atoms with Crippen LogP contribution in [0.25, 0.3) is 0 Å². The molecule has 0 aliphatic rings. The third-order valence-corrected chi connectivity index (χ3v) is 3.35. The van der Waals surface area contributed by atoms with Crippen molar-refractivity contribution in [2.75, 3.05) is 11.9 Å². The predicted octanol–water partition coefficient (Wildman–Crippen LogP) is 2.36. The summed E-state index contributed by atoms with van der Waals surface area (Å²) in [6.07, 6.45) is 0. The molecule has 1 amide bonds. The zero-order valence-corrected chi connectivity index (χ0v) is 12.0. The van der Waals surface area contributed by atoms with E-state index in [1.165, 1.54) is 11.3 Å². The van der Waals surface area contributed by atoms with Gasteiger partial charge in [-0.2, -0.15) is 0 Å². The van der Waals surface area contributed by atoms with Crippen LogP contribution in [0.5, 0.6) is 0 Å². The molecule has 1 aromatic heterocycles. The molecule has 0 unspecified atom stereocenters. The Morgan fingerprint density at radius 3 is 2.90 bits per heavy atom. The van der Waals surface area contributed by atoms with Gasteiger partial charge in [-0.15, -0.1) is 11.3 Å². The van der Waals surface area contributed by atoms with Crippen LogP contribution in [0.2, 0.25) is 0 Å². The van der Waals surface area contributed by atoms with Gasteiger partial charge in [0.05, 0.1) is 10.7 Å². The van der Waals surface area contributed by atoms with Crippen molar-refractivity contribution in [1.29, 1.82) is 0 Å². The van der Waals surface area contributed by atoms with Crippen molar-refractivity contribution in [2.24, 2.45) is 0 Å². The zero-order chi connectivity index (χ0) is 14.5. The molecule has 0 aliphatic carbocycles. The van der Waals surface area contributed by atoms with E-state index in [0.29, 0.717) is 16.9 Å². The van der Waals surface area contributed by atoms with Crippen molar-refractivity contribution < 1.29 is 9.90 Å². The van der Waals surface area contributed by atoms with E-state index in [-0.39, 0.29) is 12.5 Å². The molecule has 1 aromatic carbocycles. The normalized spacial score (nSPS) is 9.75. The number of aliphatic hydroxyl groups is 1. The smallest absolute Gasteiger partial charge is 0.275 e. The Labute approximate surface area is 121 Å². The van der Waals surface area contributed by atoms with E-state index in [1.807, 2.05) is 26.0 Å². The lowest BCUT2D eigenvalue weighted by Crippen LogP contribution is -2.13. The molecule has 0 radical (unpaired) electrons. The summed E-state index contributed by atoms with van der Waals surface area (Å²) >= 11 is 1.43. The molecule has 102 valence electrons. The lowest BCUT2D eigenvalue weighted by Gasteiger charge is -2.07. The number of aromatic nitrogens is 1. The molecule has 1 heterocycles. The van der Waals surface area contributed by atoms with E-state index >= 15 is 0 Å². The van der Waals surface area contributed by atoms with Gasteiger partial charge in [-0.25, -0.2) is 4.98 Å². The van der Waals surface area contributed by atoms with Crippen molar-refractivity contribution in [2.45, 2.75) is 13.8 Å². The standard InChI is InChI=1S/C15H14N2O2S/c1-10-5-6-13(12(8-10)4-3-7-18)17-15(19)14-9-20-11(2)16-14/h5-6,8-9,18H,7H2,1-2H3,(H,17,19). The molecule has 4 nitrogen and oxygen atoms in total. The minimum absolute atomic E-state index is 0.216. The molecule has 2 aromatic rings. The average Bonchev–Trinajstić information content (AvgIpc) is 2.85. The monoisotopic (exact) mass is 286 g/mol. The van der Waals surface area contributed by atoms with Gasteiger partial charge in [-0.3, -0.25) is 4.79 Å². The fourth-order valence-corrected chi connectivity index (χ4v) is 2.25. The molecule has 0 atom stereocenters. The largest absolute Gasteiger partial charge is 0.384 e. The second-order valence-electron chi connectivity index (χ2n) is 4.21. The number of aliphatic hydroxyl groups excluding tert-OH is 1. The first-order valence-electron chi connectivity index (χ1n) is 6.04. The summed E-state index contributed by atoms with van der Waals surface area (Å²) in [5.74, 6) is 5.16. The molecular formula is C15H14N2O2S. The molecule has 0 aliphatic heterocycles. The quantitative estimate of drug-likeness (QED) is 0.833. The molecule has 0 saturated carbocycles. The Kier molecular flexibility index (Phi) is 4.51. The minimum atomic E-state index is -0.259. The Morgan fingerprint density at radius 1 is 1.45 bits per heavy atom. The maximum atomic E-state index is 12.1. The molecule has 2 N–H and O–H groups in total. The van der Waals surface area contributed by atoms with Crippen LogP contribution in [0.4, 0.5) is 5.69 Å². The molecule has 0 spiro atoms. The Bertz CT molecular complexity index is 695. The predicted molar refractivity (Wildman–Crippen MR) is 79.9 cm³/mol. The SMILES string of the molecule is Cc1ccc(NC(=O)c2csc(C)n2)c(C#CCO)c1. The number of benzene rings is 1. The number of anilines is 1. The van der Waals surface area contributed by atoms with Crippen molar-refractivity contribution in [3.8, 4) is 11.8 Å². The maximum absolute atomic E-state index is 12.1. The second kappa shape index (κ2) is 6.33. The number of rotatable bonds is 2. The summed E-state index contributed by atoms with van der Waals surface area (Å²) < 4.78 is 0. The van der Waals surface area contributed by atoms with Crippen LogP contribution in [0.3, 0.4) is 0 Å². The van der Waals surface area contributed by atoms with Gasteiger partial charge in [0.1, 0.15) is 12.3 Å². The maximum Gasteiger partial charge on any atom is 0.275 e. The zero-order valence-electron chi connectivity index (χ0n) is 11.2. The molecule has 5 heteroatoms. The van der Waals surface area contributed by atoms with Crippen molar-refractivity contribution in [3.63, 3.8) is 0 Å². The van der Waals surface area contributed by atoms with E-state index in [2.05, 4.69) is 22.1 Å². The summed E-state index contributed by atoms with van der Waals surface area (Å²) in [6.45, 7) is 3.58. The highest BCUT2D eigenvalue weighted by atomic mass is 32.1. The number of nitrogens with one attached hydrogen (secondary N) is 1. The van der Waals surface area contributed by atoms with Crippen LogP contribution >= 0.6 is 11.3 Å². The number of carbonyl (C=O) groups excluding carboxylic acids is 1. The van der Waals surface area contributed by atoms with Crippen molar-refractivity contribution in [3.05, 3.63) is 45.4 Å². The third kappa shape index (κ3) is 3.44. The molecule has 2 rings (SSSR count). The van der Waals surface area contributed by atoms with Gasteiger partial charge >= 0.3 is 0 Å². The lowest BCUT2D eigenvalue weighted by molar-refractivity contribution is 0.102. The topological polar surface area (TPSA) is 62.2 Å². The van der Waals surface area contributed by atoms with Crippen LogP contribution < -0.4 is 5.32 Å². The van der Waals surface area contributed by atoms with E-state index in [0.717, 1.165) is 10.6 Å². The summed E-state index contributed by atoms with van der Waals surface area (Å²) in [5.41, 5.74) is 2.73. The lowest BCUT2D eigenvalue weighted by atomic mass is 10.1. The first kappa shape index (κ1) is 14.3. The van der Waals surface area contributed by atoms with E-state index < -0.39 is 0 Å². The number of aryl methyl sites for hydroxylation is 2. The van der Waals surface area contributed by atoms with E-state index in [9.17, 15) is 4.79 Å². The van der Waals surface area contributed by atoms with Gasteiger partial charge in [0.2, 0.25) is 0 Å². The van der Waals surface area contributed by atoms with Crippen molar-refractivity contribution in [1.82, 2.24) is 4.98 Å². The van der Waals surface area contributed by atoms with Gasteiger partial charge in [0.25, 0.3) is 5.91 Å². The third-order valence-electron chi connectivity index (χ3n) is 2.58. The van der Waals surface area contributed by atoms with E-state index in [4.69, 9.17) is 5.11 Å². The van der Waals surface area contributed by atoms with Crippen LogP contribution in [-0.2, 0) is 0 Å². The highest BCUT2D eigenvalue weighted by molar-refractivity contribution is 7.09. The van der Waals surface area contributed by atoms with Gasteiger partial charge in [0.15, 0.2) is 0 Å². The highest BCUT2D eigenvalue weighted by Crippen LogP contribution is 2.18. The number of hydrogen-bond acceptors (Lipinski definition) is 4. The van der Waals surface area contributed by atoms with Crippen LogP contribution in [0.1, 0.15) is 26.6 Å². The Hall–Kier alpha value is -2.16. The number of nitrogens with zero attached hydrogens (tertiary/aromatic N) is 1. The van der Waals surface area contributed by atoms with Crippen molar-refractivity contribution >= 4 is 22.9 Å². The van der Waals surface area contributed by atoms with Gasteiger partial charge in [-0.1, -0.05) is 17.9 Å². The molecular weight excluding hydrogens is 272 g/mol. The molecule has 20 heavy (non-hydrogen) atoms. The summed E-state index contributed by atoms with van der Waals surface area (Å²) in [7, 11) is 0. The van der Waals surface area contributed by atoms with Gasteiger partial charge < -0.3 is 10.4 Å². The molecule has 0 fully saturated rings. The molecule has 0 saturated heterocycles. The van der Waals surface area contributed by atoms with Gasteiger partial charge in [0, 0.05) is 10.9 Å². The average molecular weight is 286 g/mol. The van der Waals surface area contributed by atoms with Crippen LogP contribution in [0, 0.1) is 25.7 Å². The fraction of sp³-hybridized carbons (Fsp3) is 0.200. The highest BCUT2D eigenvalue weighted by Gasteiger charge is 2.11. The number of hydrogen-bond donors (Lipinski definition) is 2. The Balaban J connectivity index is 2.26. The van der Waals surface area contributed by atoms with Crippen LogP contribution in [0.15, 0.2) is 23.6 Å². The second-order valence-corrected chi connectivity index (χ2v) is 5.28. The minimum Gasteiger partial charge on any atom is -0.384 e. The number of thiazole rings is 1. The first-order valence-corrected chi connectivity index (χ1v) is 6.92. The first-order chi connectivity index (χ1) is 9.60. The summed E-state index contributed by atoms with van der Waals surface area (Å²) in [4.78, 5) is 16.2. The van der Waals surface area contributed by atoms with E-state index in [1.54, 1.807) is 11.4 Å². The summed E-state index contributed by atoms with van der Waals surface area (Å²) in [6, 6.07) is 5.56.